The average Bonchev–Trinajstić information content (AvgIpc) is 3.49. The number of ether oxygens (including phenoxy) is 1. The Kier molecular flexibility index (Phi) is 8.51. The summed E-state index contributed by atoms with van der Waals surface area (Å²) < 4.78 is 5.41. The molecule has 2 aromatic rings. The van der Waals surface area contributed by atoms with Crippen LogP contribution in [0, 0.1) is 5.92 Å². The van der Waals surface area contributed by atoms with Crippen LogP contribution in [0.5, 0.6) is 11.5 Å². The minimum absolute atomic E-state index is 0.0146. The van der Waals surface area contributed by atoms with Gasteiger partial charge in [-0.1, -0.05) is 19.1 Å². The number of imidazole rings is 1. The Bertz CT molecular complexity index is 1080. The number of nitrogens with zero attached hydrogens (tertiary/aromatic N) is 1. The first-order valence-electron chi connectivity index (χ1n) is 11.7. The smallest absolute Gasteiger partial charge is 0.259 e. The van der Waals surface area contributed by atoms with Crippen molar-refractivity contribution in [3.63, 3.8) is 0 Å². The average molecular weight is 467 g/mol. The predicted octanol–water partition coefficient (Wildman–Crippen LogP) is 4.20. The molecule has 1 aliphatic rings. The number of H-pyrrole nitrogens is 1. The summed E-state index contributed by atoms with van der Waals surface area (Å²) in [7, 11) is 1.48. The predicted molar refractivity (Wildman–Crippen MR) is 133 cm³/mol. The van der Waals surface area contributed by atoms with E-state index in [2.05, 4.69) is 33.6 Å². The lowest BCUT2D eigenvalue weighted by molar-refractivity contribution is -0.118. The van der Waals surface area contributed by atoms with Gasteiger partial charge in [0.05, 0.1) is 19.0 Å². The van der Waals surface area contributed by atoms with Crippen molar-refractivity contribution in [2.75, 3.05) is 13.7 Å². The van der Waals surface area contributed by atoms with E-state index in [0.717, 1.165) is 31.3 Å². The molecule has 182 valence electrons. The number of methoxy groups -OCH3 is 1. The Hall–Kier alpha value is -3.55. The number of aromatic nitrogens is 2. The summed E-state index contributed by atoms with van der Waals surface area (Å²) in [4.78, 5) is 31.3. The molecule has 1 fully saturated rings. The number of rotatable bonds is 11. The van der Waals surface area contributed by atoms with Gasteiger partial charge in [-0.3, -0.25) is 9.59 Å². The number of amides is 2. The quantitative estimate of drug-likeness (QED) is 0.293. The Labute approximate surface area is 200 Å². The molecule has 1 aromatic heterocycles. The van der Waals surface area contributed by atoms with E-state index < -0.39 is 0 Å². The van der Waals surface area contributed by atoms with E-state index >= 15 is 0 Å². The van der Waals surface area contributed by atoms with Crippen molar-refractivity contribution in [3.8, 4) is 22.8 Å². The van der Waals surface area contributed by atoms with Crippen molar-refractivity contribution in [2.24, 2.45) is 5.92 Å². The molecule has 34 heavy (non-hydrogen) atoms. The number of aromatic hydroxyl groups is 1. The van der Waals surface area contributed by atoms with Crippen LogP contribution in [0.25, 0.3) is 17.3 Å². The molecule has 0 radical (unpaired) electrons. The molecule has 1 heterocycles. The van der Waals surface area contributed by atoms with Crippen LogP contribution in [0.4, 0.5) is 0 Å². The Balaban J connectivity index is 1.78. The van der Waals surface area contributed by atoms with E-state index in [9.17, 15) is 14.7 Å². The molecule has 1 saturated carbocycles. The molecule has 0 bridgehead atoms. The molecule has 1 aliphatic carbocycles. The highest BCUT2D eigenvalue weighted by Gasteiger charge is 2.27. The number of hydrogen-bond acceptors (Lipinski definition) is 5. The van der Waals surface area contributed by atoms with Crippen LogP contribution in [0.3, 0.4) is 0 Å². The zero-order valence-corrected chi connectivity index (χ0v) is 20.3. The van der Waals surface area contributed by atoms with Gasteiger partial charge in [0, 0.05) is 25.1 Å². The summed E-state index contributed by atoms with van der Waals surface area (Å²) in [6.07, 6.45) is 11.5. The molecular weight excluding hydrogens is 432 g/mol. The van der Waals surface area contributed by atoms with Crippen LogP contribution in [0.2, 0.25) is 0 Å². The summed E-state index contributed by atoms with van der Waals surface area (Å²) in [5, 5.41) is 16.3. The van der Waals surface area contributed by atoms with E-state index in [-0.39, 0.29) is 35.1 Å². The molecule has 1 atom stereocenters. The van der Waals surface area contributed by atoms with Gasteiger partial charge in [-0.2, -0.15) is 0 Å². The third kappa shape index (κ3) is 6.73. The maximum atomic E-state index is 12.5. The Morgan fingerprint density at radius 3 is 2.76 bits per heavy atom. The van der Waals surface area contributed by atoms with Gasteiger partial charge in [-0.15, -0.1) is 0 Å². The number of carbonyl (C=O) groups is 2. The second-order valence-electron chi connectivity index (χ2n) is 8.67. The summed E-state index contributed by atoms with van der Waals surface area (Å²) in [6.45, 7) is 6.31. The minimum atomic E-state index is -0.333. The number of allylic oxidation sites excluding steroid dienone is 3. The number of carbonyl (C=O) groups excluding carboxylic acids is 2. The highest BCUT2D eigenvalue weighted by atomic mass is 16.5. The highest BCUT2D eigenvalue weighted by molar-refractivity contribution is 6.00. The van der Waals surface area contributed by atoms with Gasteiger partial charge in [0.15, 0.2) is 0 Å². The summed E-state index contributed by atoms with van der Waals surface area (Å²) in [6, 6.07) is 3.44. The number of benzene rings is 1. The topological polar surface area (TPSA) is 116 Å². The number of phenolic OH excluding ortho intramolecular Hbond substituents is 1. The monoisotopic (exact) mass is 466 g/mol. The van der Waals surface area contributed by atoms with Crippen LogP contribution in [0.15, 0.2) is 36.1 Å². The fourth-order valence-corrected chi connectivity index (χ4v) is 3.73. The van der Waals surface area contributed by atoms with Gasteiger partial charge >= 0.3 is 0 Å². The van der Waals surface area contributed by atoms with Crippen molar-refractivity contribution in [3.05, 3.63) is 47.4 Å². The van der Waals surface area contributed by atoms with E-state index in [1.54, 1.807) is 18.3 Å². The molecule has 8 heteroatoms. The SMILES string of the molecule is C/C=C\C(=C/c1ncc(-c2cc(O)c(C(=O)NC3CC3)c(OC)c2)[nH]1)C(C)CCCNC(C)=O. The molecule has 0 spiro atoms. The zero-order chi connectivity index (χ0) is 24.7. The first kappa shape index (κ1) is 25.1. The van der Waals surface area contributed by atoms with Crippen LogP contribution in [-0.2, 0) is 4.79 Å². The maximum absolute atomic E-state index is 12.5. The van der Waals surface area contributed by atoms with E-state index in [1.807, 2.05) is 19.1 Å². The van der Waals surface area contributed by atoms with Gasteiger partial charge in [0.25, 0.3) is 5.91 Å². The Morgan fingerprint density at radius 2 is 2.12 bits per heavy atom. The molecule has 1 aromatic carbocycles. The fraction of sp³-hybridized carbons (Fsp3) is 0.423. The zero-order valence-electron chi connectivity index (χ0n) is 20.3. The maximum Gasteiger partial charge on any atom is 0.259 e. The molecule has 3 rings (SSSR count). The first-order valence-corrected chi connectivity index (χ1v) is 11.7. The molecule has 1 unspecified atom stereocenters. The van der Waals surface area contributed by atoms with Gasteiger partial charge in [0.1, 0.15) is 22.9 Å². The lowest BCUT2D eigenvalue weighted by Gasteiger charge is -2.13. The molecule has 8 nitrogen and oxygen atoms in total. The lowest BCUT2D eigenvalue weighted by Crippen LogP contribution is -2.25. The number of phenols is 1. The summed E-state index contributed by atoms with van der Waals surface area (Å²) >= 11 is 0. The largest absolute Gasteiger partial charge is 0.507 e. The molecular formula is C26H34N4O4. The van der Waals surface area contributed by atoms with E-state index in [0.29, 0.717) is 29.4 Å². The lowest BCUT2D eigenvalue weighted by atomic mass is 9.95. The molecule has 4 N–H and O–H groups in total. The van der Waals surface area contributed by atoms with Crippen LogP contribution in [-0.4, -0.2) is 46.6 Å². The third-order valence-electron chi connectivity index (χ3n) is 5.77. The second-order valence-corrected chi connectivity index (χ2v) is 8.67. The third-order valence-corrected chi connectivity index (χ3v) is 5.77. The minimum Gasteiger partial charge on any atom is -0.507 e. The molecule has 2 amide bonds. The number of aromatic amines is 1. The van der Waals surface area contributed by atoms with Gasteiger partial charge in [-0.25, -0.2) is 4.98 Å². The Morgan fingerprint density at radius 1 is 1.35 bits per heavy atom. The number of nitrogens with one attached hydrogen (secondary N) is 3. The van der Waals surface area contributed by atoms with Crippen LogP contribution < -0.4 is 15.4 Å². The van der Waals surface area contributed by atoms with Gasteiger partial charge in [-0.05, 0) is 62.3 Å². The van der Waals surface area contributed by atoms with Gasteiger partial charge < -0.3 is 25.5 Å². The second kappa shape index (κ2) is 11.5. The van der Waals surface area contributed by atoms with Crippen molar-refractivity contribution in [1.82, 2.24) is 20.6 Å². The van der Waals surface area contributed by atoms with E-state index in [1.165, 1.54) is 14.0 Å². The standard InChI is InChI=1S/C26H34N4O4/c1-5-7-18(16(2)8-6-11-27-17(3)31)14-24-28-15-21(30-24)19-12-22(32)25(23(13-19)34-4)26(33)29-20-9-10-20/h5,7,12-16,20,32H,6,8-11H2,1-4H3,(H,27,31)(H,28,30)(H,29,33)/b7-5-,18-14+. The van der Waals surface area contributed by atoms with Crippen LogP contribution in [0.1, 0.15) is 62.6 Å². The van der Waals surface area contributed by atoms with Crippen molar-refractivity contribution in [1.29, 1.82) is 0 Å². The van der Waals surface area contributed by atoms with Gasteiger partial charge in [0.2, 0.25) is 5.91 Å². The summed E-state index contributed by atoms with van der Waals surface area (Å²) in [5.74, 6) is 0.793. The normalized spacial score (nSPS) is 14.8. The molecule has 0 aliphatic heterocycles. The van der Waals surface area contributed by atoms with Crippen molar-refractivity contribution < 1.29 is 19.4 Å². The van der Waals surface area contributed by atoms with Crippen molar-refractivity contribution >= 4 is 17.9 Å². The van der Waals surface area contributed by atoms with Crippen molar-refractivity contribution in [2.45, 2.75) is 52.5 Å². The highest BCUT2D eigenvalue weighted by Crippen LogP contribution is 2.35. The molecule has 0 saturated heterocycles. The van der Waals surface area contributed by atoms with Crippen LogP contribution >= 0.6 is 0 Å². The fourth-order valence-electron chi connectivity index (χ4n) is 3.73. The first-order chi connectivity index (χ1) is 16.3. The number of hydrogen-bond donors (Lipinski definition) is 4. The summed E-state index contributed by atoms with van der Waals surface area (Å²) in [5.41, 5.74) is 2.63. The van der Waals surface area contributed by atoms with E-state index in [4.69, 9.17) is 4.74 Å².